The maximum atomic E-state index is 5.31. The van der Waals surface area contributed by atoms with Gasteiger partial charge in [0.1, 0.15) is 0 Å². The smallest absolute Gasteiger partial charge is 0.170 e. The monoisotopic (exact) mass is 355 g/mol. The lowest BCUT2D eigenvalue weighted by molar-refractivity contribution is 0.334. The Morgan fingerprint density at radius 1 is 1.35 bits per heavy atom. The third-order valence-corrected chi connectivity index (χ3v) is 4.69. The third kappa shape index (κ3) is 5.04. The number of nitrogens with zero attached hydrogens (tertiary/aromatic N) is 1. The zero-order valence-electron chi connectivity index (χ0n) is 11.9. The van der Waals surface area contributed by atoms with E-state index in [1.807, 2.05) is 12.1 Å². The van der Waals surface area contributed by atoms with E-state index in [-0.39, 0.29) is 0 Å². The van der Waals surface area contributed by atoms with E-state index >= 15 is 0 Å². The number of hydrogen-bond acceptors (Lipinski definition) is 2. The first-order valence-corrected chi connectivity index (χ1v) is 8.38. The van der Waals surface area contributed by atoms with E-state index in [2.05, 4.69) is 44.5 Å². The van der Waals surface area contributed by atoms with Gasteiger partial charge in [-0.05, 0) is 81.8 Å². The standard InChI is InChI=1S/C15H22BrN3S/c1-12-11-13(5-6-14(12)16)18-15(20)17-7-4-10-19-8-2-3-9-19/h5-6,11H,2-4,7-10H2,1H3,(H2,17,18,20). The Kier molecular flexibility index (Phi) is 6.26. The van der Waals surface area contributed by atoms with Crippen LogP contribution in [-0.2, 0) is 0 Å². The Labute approximate surface area is 135 Å². The fourth-order valence-electron chi connectivity index (χ4n) is 2.41. The van der Waals surface area contributed by atoms with Crippen molar-refractivity contribution in [2.45, 2.75) is 26.2 Å². The first-order valence-electron chi connectivity index (χ1n) is 7.18. The topological polar surface area (TPSA) is 27.3 Å². The van der Waals surface area contributed by atoms with Crippen molar-refractivity contribution in [1.29, 1.82) is 0 Å². The number of likely N-dealkylation sites (tertiary alicyclic amines) is 1. The zero-order valence-corrected chi connectivity index (χ0v) is 14.3. The molecule has 0 aromatic heterocycles. The predicted octanol–water partition coefficient (Wildman–Crippen LogP) is 3.53. The first kappa shape index (κ1) is 15.7. The van der Waals surface area contributed by atoms with Crippen LogP contribution in [-0.4, -0.2) is 36.2 Å². The van der Waals surface area contributed by atoms with Gasteiger partial charge >= 0.3 is 0 Å². The lowest BCUT2D eigenvalue weighted by Gasteiger charge is -2.15. The Hall–Kier alpha value is -0.650. The maximum absolute atomic E-state index is 5.31. The van der Waals surface area contributed by atoms with Crippen LogP contribution in [0.25, 0.3) is 0 Å². The van der Waals surface area contributed by atoms with Crippen LogP contribution in [0.3, 0.4) is 0 Å². The van der Waals surface area contributed by atoms with Gasteiger partial charge in [0.2, 0.25) is 0 Å². The molecule has 0 atom stereocenters. The van der Waals surface area contributed by atoms with Gasteiger partial charge in [-0.2, -0.15) is 0 Å². The minimum atomic E-state index is 0.702. The molecule has 3 nitrogen and oxygen atoms in total. The number of thiocarbonyl (C=S) groups is 1. The molecule has 0 unspecified atom stereocenters. The van der Waals surface area contributed by atoms with Gasteiger partial charge in [0.15, 0.2) is 5.11 Å². The Morgan fingerprint density at radius 3 is 2.80 bits per heavy atom. The largest absolute Gasteiger partial charge is 0.362 e. The van der Waals surface area contributed by atoms with Gasteiger partial charge in [0.25, 0.3) is 0 Å². The highest BCUT2D eigenvalue weighted by Gasteiger charge is 2.10. The third-order valence-electron chi connectivity index (χ3n) is 3.55. The molecule has 0 aliphatic carbocycles. The van der Waals surface area contributed by atoms with Crippen LogP contribution in [0.1, 0.15) is 24.8 Å². The molecule has 0 amide bonds. The number of halogens is 1. The van der Waals surface area contributed by atoms with E-state index in [0.717, 1.165) is 23.1 Å². The summed E-state index contributed by atoms with van der Waals surface area (Å²) in [4.78, 5) is 2.52. The van der Waals surface area contributed by atoms with Crippen LogP contribution < -0.4 is 10.6 Å². The molecule has 2 rings (SSSR count). The highest BCUT2D eigenvalue weighted by molar-refractivity contribution is 9.10. The van der Waals surface area contributed by atoms with Crippen molar-refractivity contribution in [2.75, 3.05) is 31.5 Å². The molecule has 20 heavy (non-hydrogen) atoms. The van der Waals surface area contributed by atoms with Crippen LogP contribution >= 0.6 is 28.1 Å². The van der Waals surface area contributed by atoms with Crippen molar-refractivity contribution in [3.63, 3.8) is 0 Å². The number of nitrogens with one attached hydrogen (secondary N) is 2. The van der Waals surface area contributed by atoms with Crippen molar-refractivity contribution in [3.05, 3.63) is 28.2 Å². The van der Waals surface area contributed by atoms with Crippen molar-refractivity contribution in [3.8, 4) is 0 Å². The van der Waals surface area contributed by atoms with Crippen LogP contribution in [0.15, 0.2) is 22.7 Å². The molecule has 1 aromatic carbocycles. The molecule has 1 heterocycles. The van der Waals surface area contributed by atoms with E-state index < -0.39 is 0 Å². The number of benzene rings is 1. The number of aryl methyl sites for hydroxylation is 1. The molecular weight excluding hydrogens is 334 g/mol. The van der Waals surface area contributed by atoms with E-state index in [0.29, 0.717) is 5.11 Å². The molecule has 2 N–H and O–H groups in total. The second-order valence-corrected chi connectivity index (χ2v) is 6.51. The van der Waals surface area contributed by atoms with Gasteiger partial charge in [-0.1, -0.05) is 15.9 Å². The molecule has 1 aromatic rings. The molecule has 1 aliphatic heterocycles. The van der Waals surface area contributed by atoms with Gasteiger partial charge in [-0.15, -0.1) is 0 Å². The molecule has 5 heteroatoms. The Morgan fingerprint density at radius 2 is 2.10 bits per heavy atom. The molecule has 0 bridgehead atoms. The van der Waals surface area contributed by atoms with Gasteiger partial charge < -0.3 is 15.5 Å². The molecular formula is C15H22BrN3S. The average molecular weight is 356 g/mol. The summed E-state index contributed by atoms with van der Waals surface area (Å²) in [6.07, 6.45) is 3.85. The van der Waals surface area contributed by atoms with Crippen LogP contribution in [0, 0.1) is 6.92 Å². The quantitative estimate of drug-likeness (QED) is 0.624. The minimum absolute atomic E-state index is 0.702. The second kappa shape index (κ2) is 7.96. The van der Waals surface area contributed by atoms with Crippen molar-refractivity contribution < 1.29 is 0 Å². The number of anilines is 1. The normalized spacial score (nSPS) is 15.3. The predicted molar refractivity (Wildman–Crippen MR) is 93.4 cm³/mol. The molecule has 110 valence electrons. The van der Waals surface area contributed by atoms with Gasteiger partial charge in [0.05, 0.1) is 0 Å². The van der Waals surface area contributed by atoms with Crippen LogP contribution in [0.4, 0.5) is 5.69 Å². The van der Waals surface area contributed by atoms with Crippen molar-refractivity contribution in [2.24, 2.45) is 0 Å². The number of hydrogen-bond donors (Lipinski definition) is 2. The van der Waals surface area contributed by atoms with E-state index in [9.17, 15) is 0 Å². The summed E-state index contributed by atoms with van der Waals surface area (Å²) in [6, 6.07) is 6.14. The lowest BCUT2D eigenvalue weighted by atomic mass is 10.2. The molecule has 0 saturated carbocycles. The minimum Gasteiger partial charge on any atom is -0.362 e. The summed E-state index contributed by atoms with van der Waals surface area (Å²) < 4.78 is 1.12. The van der Waals surface area contributed by atoms with Gasteiger partial charge in [-0.25, -0.2) is 0 Å². The Balaban J connectivity index is 1.65. The van der Waals surface area contributed by atoms with Crippen LogP contribution in [0.2, 0.25) is 0 Å². The lowest BCUT2D eigenvalue weighted by Crippen LogP contribution is -2.31. The highest BCUT2D eigenvalue weighted by Crippen LogP contribution is 2.19. The summed E-state index contributed by atoms with van der Waals surface area (Å²) >= 11 is 8.81. The maximum Gasteiger partial charge on any atom is 0.170 e. The summed E-state index contributed by atoms with van der Waals surface area (Å²) in [5, 5.41) is 7.20. The SMILES string of the molecule is Cc1cc(NC(=S)NCCCN2CCCC2)ccc1Br. The Bertz CT molecular complexity index is 458. The molecule has 1 saturated heterocycles. The fraction of sp³-hybridized carbons (Fsp3) is 0.533. The highest BCUT2D eigenvalue weighted by atomic mass is 79.9. The summed E-state index contributed by atoms with van der Waals surface area (Å²) in [5.74, 6) is 0. The zero-order chi connectivity index (χ0) is 14.4. The average Bonchev–Trinajstić information content (AvgIpc) is 2.92. The molecule has 1 fully saturated rings. The van der Waals surface area contributed by atoms with E-state index in [1.54, 1.807) is 0 Å². The van der Waals surface area contributed by atoms with Gasteiger partial charge in [0, 0.05) is 16.7 Å². The number of rotatable bonds is 5. The summed E-state index contributed by atoms with van der Waals surface area (Å²) in [7, 11) is 0. The van der Waals surface area contributed by atoms with E-state index in [1.165, 1.54) is 38.0 Å². The van der Waals surface area contributed by atoms with Gasteiger partial charge in [-0.3, -0.25) is 0 Å². The second-order valence-electron chi connectivity index (χ2n) is 5.25. The van der Waals surface area contributed by atoms with Crippen molar-refractivity contribution >= 4 is 38.9 Å². The first-order chi connectivity index (χ1) is 9.65. The van der Waals surface area contributed by atoms with E-state index in [4.69, 9.17) is 12.2 Å². The molecule has 0 radical (unpaired) electrons. The summed E-state index contributed by atoms with van der Waals surface area (Å²) in [6.45, 7) is 6.70. The van der Waals surface area contributed by atoms with Crippen molar-refractivity contribution in [1.82, 2.24) is 10.2 Å². The fourth-order valence-corrected chi connectivity index (χ4v) is 2.88. The molecule has 1 aliphatic rings. The summed E-state index contributed by atoms with van der Waals surface area (Å²) in [5.41, 5.74) is 2.23. The van der Waals surface area contributed by atoms with Crippen LogP contribution in [0.5, 0.6) is 0 Å². The molecule has 0 spiro atoms.